The van der Waals surface area contributed by atoms with E-state index in [0.29, 0.717) is 22.1 Å². The summed E-state index contributed by atoms with van der Waals surface area (Å²) in [6.07, 6.45) is 3.86. The summed E-state index contributed by atoms with van der Waals surface area (Å²) in [7, 11) is 0. The maximum Gasteiger partial charge on any atom is 0.328 e. The van der Waals surface area contributed by atoms with Crippen molar-refractivity contribution in [2.75, 3.05) is 0 Å². The van der Waals surface area contributed by atoms with Gasteiger partial charge in [-0.15, -0.1) is 0 Å². The number of thioether (sulfide) groups is 1. The van der Waals surface area contributed by atoms with E-state index in [1.54, 1.807) is 18.4 Å². The lowest BCUT2D eigenvalue weighted by molar-refractivity contribution is -0.131. The summed E-state index contributed by atoms with van der Waals surface area (Å²) in [6, 6.07) is 4.59. The zero-order chi connectivity index (χ0) is 14.5. The molecule has 1 N–H and O–H groups in total. The molecule has 0 aliphatic carbocycles. The fourth-order valence-electron chi connectivity index (χ4n) is 1.49. The molecule has 0 amide bonds. The number of halogens is 1. The van der Waals surface area contributed by atoms with Gasteiger partial charge in [-0.1, -0.05) is 23.9 Å². The number of carboxylic acids is 1. The van der Waals surface area contributed by atoms with E-state index < -0.39 is 5.97 Å². The van der Waals surface area contributed by atoms with Gasteiger partial charge in [0.05, 0.1) is 5.69 Å². The van der Waals surface area contributed by atoms with Crippen LogP contribution >= 0.6 is 11.8 Å². The minimum absolute atomic E-state index is 0.381. The number of hydrogen-bond acceptors (Lipinski definition) is 4. The number of carbonyl (C=O) groups is 1. The molecule has 0 saturated heterocycles. The Morgan fingerprint density at radius 1 is 1.55 bits per heavy atom. The molecular weight excluding hydrogens is 281 g/mol. The molecule has 104 valence electrons. The highest BCUT2D eigenvalue weighted by atomic mass is 32.2. The average molecular weight is 293 g/mol. The van der Waals surface area contributed by atoms with Crippen molar-refractivity contribution in [3.63, 3.8) is 0 Å². The van der Waals surface area contributed by atoms with E-state index in [1.165, 1.54) is 23.9 Å². The summed E-state index contributed by atoms with van der Waals surface area (Å²) >= 11 is 1.30. The Hall–Kier alpha value is -2.08. The summed E-state index contributed by atoms with van der Waals surface area (Å²) in [5.74, 6) is -1.05. The largest absolute Gasteiger partial charge is 0.478 e. The molecule has 0 atom stereocenters. The van der Waals surface area contributed by atoms with Gasteiger partial charge in [-0.3, -0.25) is 0 Å². The molecule has 0 aliphatic rings. The molecule has 20 heavy (non-hydrogen) atoms. The third-order valence-corrected chi connectivity index (χ3v) is 3.33. The van der Waals surface area contributed by atoms with Gasteiger partial charge in [0.2, 0.25) is 0 Å². The van der Waals surface area contributed by atoms with Crippen molar-refractivity contribution >= 4 is 23.8 Å². The number of benzene rings is 1. The first-order valence-corrected chi connectivity index (χ1v) is 6.77. The molecule has 0 bridgehead atoms. The van der Waals surface area contributed by atoms with Gasteiger partial charge in [0.25, 0.3) is 5.22 Å². The van der Waals surface area contributed by atoms with Crippen molar-refractivity contribution in [3.05, 3.63) is 53.2 Å². The number of hydrogen-bond donors (Lipinski definition) is 1. The third kappa shape index (κ3) is 3.96. The fourth-order valence-corrected chi connectivity index (χ4v) is 2.33. The van der Waals surface area contributed by atoms with Crippen LogP contribution in [0.5, 0.6) is 0 Å². The van der Waals surface area contributed by atoms with E-state index in [9.17, 15) is 9.18 Å². The van der Waals surface area contributed by atoms with Gasteiger partial charge in [-0.05, 0) is 30.2 Å². The number of aliphatic carboxylic acids is 1. The predicted molar refractivity (Wildman–Crippen MR) is 73.9 cm³/mol. The van der Waals surface area contributed by atoms with Gasteiger partial charge < -0.3 is 9.52 Å². The lowest BCUT2D eigenvalue weighted by Crippen LogP contribution is -1.90. The average Bonchev–Trinajstić information content (AvgIpc) is 2.81. The molecule has 2 aromatic rings. The summed E-state index contributed by atoms with van der Waals surface area (Å²) < 4.78 is 19.0. The fraction of sp³-hybridized carbons (Fsp3) is 0.143. The minimum Gasteiger partial charge on any atom is -0.478 e. The first kappa shape index (κ1) is 14.3. The summed E-state index contributed by atoms with van der Waals surface area (Å²) in [5.41, 5.74) is 1.80. The maximum absolute atomic E-state index is 13.8. The summed E-state index contributed by atoms with van der Waals surface area (Å²) in [5, 5.41) is 9.01. The lowest BCUT2D eigenvalue weighted by atomic mass is 10.1. The molecule has 6 heteroatoms. The van der Waals surface area contributed by atoms with Crippen molar-refractivity contribution in [2.45, 2.75) is 17.9 Å². The van der Waals surface area contributed by atoms with Crippen LogP contribution in [0.3, 0.4) is 0 Å². The second kappa shape index (κ2) is 6.38. The highest BCUT2D eigenvalue weighted by Crippen LogP contribution is 2.24. The maximum atomic E-state index is 13.8. The van der Waals surface area contributed by atoms with Crippen molar-refractivity contribution in [1.29, 1.82) is 0 Å². The SMILES string of the molecule is Cc1coc(SCc2ccc(/C=C/C(=O)O)cc2F)n1. The van der Waals surface area contributed by atoms with Crippen molar-refractivity contribution in [2.24, 2.45) is 0 Å². The topological polar surface area (TPSA) is 63.3 Å². The molecule has 0 spiro atoms. The molecule has 1 aromatic heterocycles. The first-order valence-electron chi connectivity index (χ1n) is 5.79. The van der Waals surface area contributed by atoms with Crippen LogP contribution in [0.15, 0.2) is 40.2 Å². The number of carboxylic acid groups (broad SMARTS) is 1. The van der Waals surface area contributed by atoms with Crippen LogP contribution in [0.1, 0.15) is 16.8 Å². The number of aryl methyl sites for hydroxylation is 1. The van der Waals surface area contributed by atoms with E-state index >= 15 is 0 Å². The Balaban J connectivity index is 2.04. The Kier molecular flexibility index (Phi) is 4.57. The van der Waals surface area contributed by atoms with Crippen LogP contribution < -0.4 is 0 Å². The van der Waals surface area contributed by atoms with Gasteiger partial charge in [0.15, 0.2) is 0 Å². The molecule has 0 saturated carbocycles. The second-order valence-corrected chi connectivity index (χ2v) is 4.99. The zero-order valence-electron chi connectivity index (χ0n) is 10.7. The van der Waals surface area contributed by atoms with Gasteiger partial charge in [0.1, 0.15) is 12.1 Å². The van der Waals surface area contributed by atoms with Crippen molar-refractivity contribution in [3.8, 4) is 0 Å². The predicted octanol–water partition coefficient (Wildman–Crippen LogP) is 3.51. The summed E-state index contributed by atoms with van der Waals surface area (Å²) in [6.45, 7) is 1.82. The highest BCUT2D eigenvalue weighted by molar-refractivity contribution is 7.98. The van der Waals surface area contributed by atoms with Gasteiger partial charge in [0, 0.05) is 11.8 Å². The van der Waals surface area contributed by atoms with Crippen molar-refractivity contribution in [1.82, 2.24) is 4.98 Å². The Morgan fingerprint density at radius 2 is 2.35 bits per heavy atom. The molecule has 0 aliphatic heterocycles. The quantitative estimate of drug-likeness (QED) is 0.675. The number of rotatable bonds is 5. The second-order valence-electron chi connectivity index (χ2n) is 4.07. The Bertz CT molecular complexity index is 652. The van der Waals surface area contributed by atoms with Crippen LogP contribution in [0.4, 0.5) is 4.39 Å². The van der Waals surface area contributed by atoms with E-state index in [-0.39, 0.29) is 5.82 Å². The Morgan fingerprint density at radius 3 is 2.95 bits per heavy atom. The van der Waals surface area contributed by atoms with Gasteiger partial charge >= 0.3 is 5.97 Å². The van der Waals surface area contributed by atoms with E-state index in [4.69, 9.17) is 9.52 Å². The highest BCUT2D eigenvalue weighted by Gasteiger charge is 2.07. The number of aromatic nitrogens is 1. The minimum atomic E-state index is -1.07. The van der Waals surface area contributed by atoms with E-state index in [0.717, 1.165) is 11.8 Å². The van der Waals surface area contributed by atoms with Crippen LogP contribution in [0.2, 0.25) is 0 Å². The Labute approximate surface area is 119 Å². The lowest BCUT2D eigenvalue weighted by Gasteiger charge is -2.02. The standard InChI is InChI=1S/C14H12FNO3S/c1-9-7-19-14(16-9)20-8-11-4-2-10(6-12(11)15)3-5-13(17)18/h2-7H,8H2,1H3,(H,17,18)/b5-3+. The van der Waals surface area contributed by atoms with Gasteiger partial charge in [-0.25, -0.2) is 14.2 Å². The molecule has 1 aromatic carbocycles. The van der Waals surface area contributed by atoms with Gasteiger partial charge in [-0.2, -0.15) is 0 Å². The van der Waals surface area contributed by atoms with Crippen molar-refractivity contribution < 1.29 is 18.7 Å². The normalized spacial score (nSPS) is 11.1. The molecular formula is C14H12FNO3S. The molecule has 2 rings (SSSR count). The molecule has 0 fully saturated rings. The van der Waals surface area contributed by atoms with Crippen LogP contribution in [0.25, 0.3) is 6.08 Å². The van der Waals surface area contributed by atoms with E-state index in [1.807, 2.05) is 6.92 Å². The molecule has 0 unspecified atom stereocenters. The van der Waals surface area contributed by atoms with Crippen LogP contribution in [-0.2, 0) is 10.5 Å². The first-order chi connectivity index (χ1) is 9.54. The molecule has 0 radical (unpaired) electrons. The summed E-state index contributed by atoms with van der Waals surface area (Å²) in [4.78, 5) is 14.5. The number of nitrogens with zero attached hydrogens (tertiary/aromatic N) is 1. The molecule has 4 nitrogen and oxygen atoms in total. The smallest absolute Gasteiger partial charge is 0.328 e. The van der Waals surface area contributed by atoms with Crippen LogP contribution in [0, 0.1) is 12.7 Å². The zero-order valence-corrected chi connectivity index (χ0v) is 11.5. The van der Waals surface area contributed by atoms with Crippen LogP contribution in [-0.4, -0.2) is 16.1 Å². The third-order valence-electron chi connectivity index (χ3n) is 2.44. The van der Waals surface area contributed by atoms with E-state index in [2.05, 4.69) is 4.98 Å². The molecule has 1 heterocycles. The number of oxazole rings is 1. The monoisotopic (exact) mass is 293 g/mol.